The van der Waals surface area contributed by atoms with Crippen LogP contribution in [0, 0.1) is 0 Å². The highest BCUT2D eigenvalue weighted by atomic mass is 16.5. The number of anilines is 1. The fraction of sp³-hybridized carbons (Fsp3) is 0.444. The van der Waals surface area contributed by atoms with Crippen LogP contribution in [0.3, 0.4) is 0 Å². The Morgan fingerprint density at radius 1 is 1.67 bits per heavy atom. The van der Waals surface area contributed by atoms with Crippen LogP contribution < -0.4 is 5.32 Å². The van der Waals surface area contributed by atoms with Gasteiger partial charge in [0.15, 0.2) is 5.69 Å². The second kappa shape index (κ2) is 5.26. The maximum absolute atomic E-state index is 11.1. The number of aliphatic hydroxyl groups excluding tert-OH is 1. The molecule has 0 spiro atoms. The second-order valence-corrected chi connectivity index (χ2v) is 3.01. The molecule has 6 heteroatoms. The van der Waals surface area contributed by atoms with Gasteiger partial charge in [-0.3, -0.25) is 4.98 Å². The van der Waals surface area contributed by atoms with Gasteiger partial charge in [0.25, 0.3) is 0 Å². The number of methoxy groups -OCH3 is 1. The van der Waals surface area contributed by atoms with E-state index in [4.69, 9.17) is 5.11 Å². The summed E-state index contributed by atoms with van der Waals surface area (Å²) in [5.41, 5.74) is 0.132. The summed E-state index contributed by atoms with van der Waals surface area (Å²) in [5.74, 6) is -0.109. The van der Waals surface area contributed by atoms with E-state index < -0.39 is 12.1 Å². The van der Waals surface area contributed by atoms with E-state index in [0.29, 0.717) is 12.4 Å². The van der Waals surface area contributed by atoms with E-state index in [1.54, 1.807) is 6.92 Å². The number of aliphatic hydroxyl groups is 1. The van der Waals surface area contributed by atoms with Gasteiger partial charge in [0.2, 0.25) is 0 Å². The highest BCUT2D eigenvalue weighted by Crippen LogP contribution is 2.03. The first-order chi connectivity index (χ1) is 7.13. The molecular formula is C9H13N3O3. The molecule has 0 saturated carbocycles. The molecule has 2 N–H and O–H groups in total. The Hall–Kier alpha value is -1.69. The molecule has 0 aliphatic heterocycles. The summed E-state index contributed by atoms with van der Waals surface area (Å²) < 4.78 is 4.50. The number of carbonyl (C=O) groups is 1. The van der Waals surface area contributed by atoms with Gasteiger partial charge in [-0.2, -0.15) is 0 Å². The molecule has 1 heterocycles. The van der Waals surface area contributed by atoms with E-state index in [1.807, 2.05) is 0 Å². The van der Waals surface area contributed by atoms with Crippen LogP contribution in [0.2, 0.25) is 0 Å². The Kier molecular flexibility index (Phi) is 3.99. The summed E-state index contributed by atoms with van der Waals surface area (Å²) in [6, 6.07) is 0. The predicted octanol–water partition coefficient (Wildman–Crippen LogP) is 0.0559. The Morgan fingerprint density at radius 2 is 2.40 bits per heavy atom. The number of esters is 1. The zero-order chi connectivity index (χ0) is 11.3. The fourth-order valence-corrected chi connectivity index (χ4v) is 0.906. The summed E-state index contributed by atoms with van der Waals surface area (Å²) in [4.78, 5) is 18.9. The minimum absolute atomic E-state index is 0.132. The van der Waals surface area contributed by atoms with E-state index >= 15 is 0 Å². The number of nitrogens with zero attached hydrogens (tertiary/aromatic N) is 2. The van der Waals surface area contributed by atoms with Gasteiger partial charge in [-0.15, -0.1) is 0 Å². The zero-order valence-corrected chi connectivity index (χ0v) is 8.60. The van der Waals surface area contributed by atoms with Gasteiger partial charge in [0.1, 0.15) is 5.82 Å². The molecule has 0 saturated heterocycles. The summed E-state index contributed by atoms with van der Waals surface area (Å²) in [5, 5.41) is 11.9. The highest BCUT2D eigenvalue weighted by molar-refractivity contribution is 5.87. The first kappa shape index (κ1) is 11.4. The van der Waals surface area contributed by atoms with Crippen molar-refractivity contribution in [2.24, 2.45) is 0 Å². The van der Waals surface area contributed by atoms with Crippen molar-refractivity contribution in [2.75, 3.05) is 19.0 Å². The second-order valence-electron chi connectivity index (χ2n) is 3.01. The molecule has 15 heavy (non-hydrogen) atoms. The van der Waals surface area contributed by atoms with Crippen LogP contribution in [-0.2, 0) is 4.74 Å². The lowest BCUT2D eigenvalue weighted by Crippen LogP contribution is -2.17. The molecule has 0 fully saturated rings. The monoisotopic (exact) mass is 211 g/mol. The van der Waals surface area contributed by atoms with Crippen LogP contribution in [0.5, 0.6) is 0 Å². The predicted molar refractivity (Wildman–Crippen MR) is 53.5 cm³/mol. The van der Waals surface area contributed by atoms with Crippen LogP contribution in [0.25, 0.3) is 0 Å². The third kappa shape index (κ3) is 3.51. The minimum atomic E-state index is -0.539. The molecule has 0 aliphatic carbocycles. The van der Waals surface area contributed by atoms with E-state index in [2.05, 4.69) is 20.0 Å². The lowest BCUT2D eigenvalue weighted by atomic mass is 10.4. The van der Waals surface area contributed by atoms with E-state index in [-0.39, 0.29) is 5.69 Å². The third-order valence-electron chi connectivity index (χ3n) is 1.61. The summed E-state index contributed by atoms with van der Waals surface area (Å²) in [6.45, 7) is 1.99. The Morgan fingerprint density at radius 3 is 3.00 bits per heavy atom. The molecule has 6 nitrogen and oxygen atoms in total. The van der Waals surface area contributed by atoms with Crippen LogP contribution in [0.4, 0.5) is 5.82 Å². The number of hydrogen-bond donors (Lipinski definition) is 2. The lowest BCUT2D eigenvalue weighted by Gasteiger charge is -2.07. The van der Waals surface area contributed by atoms with E-state index in [0.717, 1.165) is 0 Å². The number of ether oxygens (including phenoxy) is 1. The average molecular weight is 211 g/mol. The van der Waals surface area contributed by atoms with Crippen molar-refractivity contribution in [3.8, 4) is 0 Å². The largest absolute Gasteiger partial charge is 0.464 e. The van der Waals surface area contributed by atoms with Crippen LogP contribution >= 0.6 is 0 Å². The first-order valence-electron chi connectivity index (χ1n) is 4.45. The topological polar surface area (TPSA) is 84.3 Å². The third-order valence-corrected chi connectivity index (χ3v) is 1.61. The smallest absolute Gasteiger partial charge is 0.358 e. The Bertz CT molecular complexity index is 341. The van der Waals surface area contributed by atoms with Crippen LogP contribution in [0.1, 0.15) is 17.4 Å². The minimum Gasteiger partial charge on any atom is -0.464 e. The number of carbonyl (C=O) groups excluding carboxylic acids is 1. The van der Waals surface area contributed by atoms with Crippen molar-refractivity contribution in [3.05, 3.63) is 18.1 Å². The van der Waals surface area contributed by atoms with Crippen LogP contribution in [-0.4, -0.2) is 40.8 Å². The molecular weight excluding hydrogens is 198 g/mol. The highest BCUT2D eigenvalue weighted by Gasteiger charge is 2.08. The molecule has 82 valence electrons. The average Bonchev–Trinajstić information content (AvgIpc) is 2.25. The number of nitrogens with one attached hydrogen (secondary N) is 1. The summed E-state index contributed by atoms with van der Waals surface area (Å²) in [7, 11) is 1.28. The van der Waals surface area contributed by atoms with Crippen molar-refractivity contribution < 1.29 is 14.6 Å². The van der Waals surface area contributed by atoms with Crippen molar-refractivity contribution in [1.29, 1.82) is 0 Å². The van der Waals surface area contributed by atoms with E-state index in [9.17, 15) is 4.79 Å². The molecule has 0 amide bonds. The zero-order valence-electron chi connectivity index (χ0n) is 8.60. The Balaban J connectivity index is 2.70. The van der Waals surface area contributed by atoms with Crippen LogP contribution in [0.15, 0.2) is 12.4 Å². The quantitative estimate of drug-likeness (QED) is 0.685. The lowest BCUT2D eigenvalue weighted by molar-refractivity contribution is 0.0593. The first-order valence-corrected chi connectivity index (χ1v) is 4.45. The molecule has 1 unspecified atom stereocenters. The molecule has 1 aromatic heterocycles. The maximum Gasteiger partial charge on any atom is 0.358 e. The standard InChI is InChI=1S/C9H13N3O3/c1-6(13)3-11-8-5-10-4-7(12-8)9(14)15-2/h4-6,13H,3H2,1-2H3,(H,11,12). The molecule has 0 radical (unpaired) electrons. The van der Waals surface area contributed by atoms with Gasteiger partial charge in [0, 0.05) is 6.54 Å². The molecule has 0 aliphatic rings. The summed E-state index contributed by atoms with van der Waals surface area (Å²) >= 11 is 0. The number of rotatable bonds is 4. The number of aromatic nitrogens is 2. The van der Waals surface area contributed by atoms with Gasteiger partial charge in [0.05, 0.1) is 25.6 Å². The normalized spacial score (nSPS) is 11.9. The molecule has 1 atom stereocenters. The number of hydrogen-bond acceptors (Lipinski definition) is 6. The van der Waals surface area contributed by atoms with Gasteiger partial charge in [-0.05, 0) is 6.92 Å². The molecule has 0 bridgehead atoms. The van der Waals surface area contributed by atoms with Crippen molar-refractivity contribution in [1.82, 2.24) is 9.97 Å². The SMILES string of the molecule is COC(=O)c1cncc(NCC(C)O)n1. The van der Waals surface area contributed by atoms with Crippen molar-refractivity contribution in [2.45, 2.75) is 13.0 Å². The van der Waals surface area contributed by atoms with E-state index in [1.165, 1.54) is 19.5 Å². The maximum atomic E-state index is 11.1. The van der Waals surface area contributed by atoms with Gasteiger partial charge < -0.3 is 15.2 Å². The van der Waals surface area contributed by atoms with Crippen molar-refractivity contribution in [3.63, 3.8) is 0 Å². The fourth-order valence-electron chi connectivity index (χ4n) is 0.906. The Labute approximate surface area is 87.3 Å². The van der Waals surface area contributed by atoms with Gasteiger partial charge >= 0.3 is 5.97 Å². The van der Waals surface area contributed by atoms with Gasteiger partial charge in [-0.1, -0.05) is 0 Å². The molecule has 0 aromatic carbocycles. The van der Waals surface area contributed by atoms with Gasteiger partial charge in [-0.25, -0.2) is 9.78 Å². The van der Waals surface area contributed by atoms with Crippen molar-refractivity contribution >= 4 is 11.8 Å². The molecule has 1 rings (SSSR count). The molecule has 1 aromatic rings. The summed E-state index contributed by atoms with van der Waals surface area (Å²) in [6.07, 6.45) is 2.29.